The second-order valence-electron chi connectivity index (χ2n) is 5.11. The molecule has 0 heterocycles. The molecule has 110 valence electrons. The van der Waals surface area contributed by atoms with E-state index in [1.807, 2.05) is 13.8 Å². The molecular formula is C14H21N3O3. The number of carbonyl (C=O) groups excluding carboxylic acids is 2. The lowest BCUT2D eigenvalue weighted by Gasteiger charge is -2.24. The number of nitrogens with two attached hydrogens (primary N) is 1. The second-order valence-corrected chi connectivity index (χ2v) is 5.11. The Kier molecular flexibility index (Phi) is 4.96. The van der Waals surface area contributed by atoms with Crippen molar-refractivity contribution in [1.29, 1.82) is 0 Å². The fourth-order valence-electron chi connectivity index (χ4n) is 1.69. The van der Waals surface area contributed by atoms with Crippen LogP contribution in [-0.2, 0) is 9.53 Å². The highest BCUT2D eigenvalue weighted by Crippen LogP contribution is 2.23. The van der Waals surface area contributed by atoms with Gasteiger partial charge < -0.3 is 21.1 Å². The van der Waals surface area contributed by atoms with E-state index in [1.54, 1.807) is 25.2 Å². The Morgan fingerprint density at radius 3 is 2.55 bits per heavy atom. The highest BCUT2D eigenvalue weighted by Gasteiger charge is 2.26. The number of carbonyl (C=O) groups is 2. The van der Waals surface area contributed by atoms with Crippen LogP contribution >= 0.6 is 0 Å². The van der Waals surface area contributed by atoms with Gasteiger partial charge in [0.25, 0.3) is 0 Å². The third-order valence-corrected chi connectivity index (χ3v) is 3.04. The van der Waals surface area contributed by atoms with Crippen LogP contribution < -0.4 is 16.4 Å². The van der Waals surface area contributed by atoms with Crippen molar-refractivity contribution >= 4 is 23.3 Å². The average Bonchev–Trinajstić information content (AvgIpc) is 2.44. The number of hydrogen-bond donors (Lipinski definition) is 3. The van der Waals surface area contributed by atoms with E-state index in [2.05, 4.69) is 15.4 Å². The molecule has 20 heavy (non-hydrogen) atoms. The molecule has 0 aromatic heterocycles. The van der Waals surface area contributed by atoms with Gasteiger partial charge in [-0.3, -0.25) is 4.79 Å². The summed E-state index contributed by atoms with van der Waals surface area (Å²) in [6.45, 7) is 4.03. The molecule has 0 fully saturated rings. The number of anilines is 2. The summed E-state index contributed by atoms with van der Waals surface area (Å²) in [6.07, 6.45) is 0. The van der Waals surface area contributed by atoms with Gasteiger partial charge in [-0.25, -0.2) is 4.79 Å². The third kappa shape index (κ3) is 3.63. The van der Waals surface area contributed by atoms with E-state index in [0.717, 1.165) is 0 Å². The standard InChI is InChI=1S/C14H21N3O3/c1-14(2,13(19)16-3)8-17-11-7-9(12(18)20-4)5-6-10(11)15/h5-7,17H,8,15H2,1-4H3,(H,16,19). The van der Waals surface area contributed by atoms with Gasteiger partial charge in [0.05, 0.1) is 29.5 Å². The molecule has 0 aliphatic heterocycles. The van der Waals surface area contributed by atoms with E-state index < -0.39 is 11.4 Å². The van der Waals surface area contributed by atoms with Crippen LogP contribution in [0.4, 0.5) is 11.4 Å². The Morgan fingerprint density at radius 2 is 2.00 bits per heavy atom. The number of esters is 1. The molecular weight excluding hydrogens is 258 g/mol. The van der Waals surface area contributed by atoms with Crippen molar-refractivity contribution in [3.63, 3.8) is 0 Å². The number of ether oxygens (including phenoxy) is 1. The van der Waals surface area contributed by atoms with Gasteiger partial charge in [0.1, 0.15) is 0 Å². The summed E-state index contributed by atoms with van der Waals surface area (Å²) in [7, 11) is 2.91. The monoisotopic (exact) mass is 279 g/mol. The zero-order valence-electron chi connectivity index (χ0n) is 12.2. The molecule has 0 aliphatic carbocycles. The first-order valence-electron chi connectivity index (χ1n) is 6.25. The molecule has 4 N–H and O–H groups in total. The molecule has 1 aromatic rings. The summed E-state index contributed by atoms with van der Waals surface area (Å²) in [5.74, 6) is -0.508. The maximum Gasteiger partial charge on any atom is 0.337 e. The third-order valence-electron chi connectivity index (χ3n) is 3.04. The quantitative estimate of drug-likeness (QED) is 0.557. The molecule has 6 nitrogen and oxygen atoms in total. The summed E-state index contributed by atoms with van der Waals surface area (Å²) >= 11 is 0. The van der Waals surface area contributed by atoms with Gasteiger partial charge in [-0.2, -0.15) is 0 Å². The van der Waals surface area contributed by atoms with E-state index in [9.17, 15) is 9.59 Å². The van der Waals surface area contributed by atoms with Crippen LogP contribution in [-0.4, -0.2) is 32.6 Å². The number of amides is 1. The first-order chi connectivity index (χ1) is 9.31. The first kappa shape index (κ1) is 15.8. The zero-order chi connectivity index (χ0) is 15.3. The Labute approximate surface area is 118 Å². The lowest BCUT2D eigenvalue weighted by molar-refractivity contribution is -0.128. The molecule has 6 heteroatoms. The van der Waals surface area contributed by atoms with Crippen LogP contribution in [0.25, 0.3) is 0 Å². The molecule has 1 aromatic carbocycles. The van der Waals surface area contributed by atoms with E-state index in [1.165, 1.54) is 7.11 Å². The van der Waals surface area contributed by atoms with E-state index in [0.29, 0.717) is 23.5 Å². The molecule has 1 amide bonds. The van der Waals surface area contributed by atoms with Crippen molar-refractivity contribution in [3.05, 3.63) is 23.8 Å². The highest BCUT2D eigenvalue weighted by atomic mass is 16.5. The minimum atomic E-state index is -0.595. The maximum atomic E-state index is 11.7. The fourth-order valence-corrected chi connectivity index (χ4v) is 1.69. The molecule has 0 bridgehead atoms. The minimum Gasteiger partial charge on any atom is -0.465 e. The fraction of sp³-hybridized carbons (Fsp3) is 0.429. The van der Waals surface area contributed by atoms with E-state index in [4.69, 9.17) is 5.73 Å². The van der Waals surface area contributed by atoms with E-state index >= 15 is 0 Å². The second kappa shape index (κ2) is 6.27. The van der Waals surface area contributed by atoms with Gasteiger partial charge in [0, 0.05) is 13.6 Å². The summed E-state index contributed by atoms with van der Waals surface area (Å²) in [6, 6.07) is 4.83. The molecule has 0 atom stereocenters. The van der Waals surface area contributed by atoms with Gasteiger partial charge in [-0.15, -0.1) is 0 Å². The topological polar surface area (TPSA) is 93.5 Å². The number of nitrogen functional groups attached to an aromatic ring is 1. The number of nitrogens with one attached hydrogen (secondary N) is 2. The average molecular weight is 279 g/mol. The van der Waals surface area contributed by atoms with Gasteiger partial charge >= 0.3 is 5.97 Å². The number of benzene rings is 1. The molecule has 1 rings (SSSR count). The Balaban J connectivity index is 2.87. The number of hydrogen-bond acceptors (Lipinski definition) is 5. The van der Waals surface area contributed by atoms with Gasteiger partial charge in [0.15, 0.2) is 0 Å². The van der Waals surface area contributed by atoms with Crippen molar-refractivity contribution in [2.45, 2.75) is 13.8 Å². The molecule has 0 spiro atoms. The van der Waals surface area contributed by atoms with Crippen LogP contribution in [0.3, 0.4) is 0 Å². The largest absolute Gasteiger partial charge is 0.465 e. The molecule has 0 aliphatic rings. The Morgan fingerprint density at radius 1 is 1.35 bits per heavy atom. The summed E-state index contributed by atoms with van der Waals surface area (Å²) in [5.41, 5.74) is 6.77. The predicted molar refractivity (Wildman–Crippen MR) is 78.5 cm³/mol. The van der Waals surface area contributed by atoms with Crippen molar-refractivity contribution in [1.82, 2.24) is 5.32 Å². The van der Waals surface area contributed by atoms with Gasteiger partial charge in [-0.1, -0.05) is 0 Å². The minimum absolute atomic E-state index is 0.0762. The van der Waals surface area contributed by atoms with Crippen LogP contribution in [0.5, 0.6) is 0 Å². The van der Waals surface area contributed by atoms with Crippen molar-refractivity contribution in [2.24, 2.45) is 5.41 Å². The normalized spacial score (nSPS) is 10.8. The highest BCUT2D eigenvalue weighted by molar-refractivity contribution is 5.92. The summed E-state index contributed by atoms with van der Waals surface area (Å²) in [4.78, 5) is 23.2. The molecule has 0 unspecified atom stereocenters. The van der Waals surface area contributed by atoms with Crippen LogP contribution in [0.15, 0.2) is 18.2 Å². The lowest BCUT2D eigenvalue weighted by Crippen LogP contribution is -2.39. The summed E-state index contributed by atoms with van der Waals surface area (Å²) in [5, 5.41) is 5.70. The van der Waals surface area contributed by atoms with Crippen molar-refractivity contribution in [2.75, 3.05) is 31.8 Å². The lowest BCUT2D eigenvalue weighted by atomic mass is 9.92. The maximum absolute atomic E-state index is 11.7. The number of rotatable bonds is 5. The van der Waals surface area contributed by atoms with Crippen molar-refractivity contribution in [3.8, 4) is 0 Å². The Bertz CT molecular complexity index is 512. The van der Waals surface area contributed by atoms with Gasteiger partial charge in [0.2, 0.25) is 5.91 Å². The predicted octanol–water partition coefficient (Wildman–Crippen LogP) is 1.24. The zero-order valence-corrected chi connectivity index (χ0v) is 12.2. The smallest absolute Gasteiger partial charge is 0.337 e. The van der Waals surface area contributed by atoms with E-state index in [-0.39, 0.29) is 5.91 Å². The summed E-state index contributed by atoms with van der Waals surface area (Å²) < 4.78 is 4.66. The number of methoxy groups -OCH3 is 1. The SMILES string of the molecule is CNC(=O)C(C)(C)CNc1cc(C(=O)OC)ccc1N. The molecule has 0 saturated heterocycles. The van der Waals surface area contributed by atoms with Crippen LogP contribution in [0.1, 0.15) is 24.2 Å². The van der Waals surface area contributed by atoms with Crippen LogP contribution in [0, 0.1) is 5.41 Å². The van der Waals surface area contributed by atoms with Gasteiger partial charge in [-0.05, 0) is 32.0 Å². The Hall–Kier alpha value is -2.24. The first-order valence-corrected chi connectivity index (χ1v) is 6.25. The molecule has 0 radical (unpaired) electrons. The molecule has 0 saturated carbocycles. The van der Waals surface area contributed by atoms with Crippen molar-refractivity contribution < 1.29 is 14.3 Å². The van der Waals surface area contributed by atoms with Crippen LogP contribution in [0.2, 0.25) is 0 Å².